The van der Waals surface area contributed by atoms with Crippen molar-refractivity contribution < 1.29 is 14.3 Å². The second kappa shape index (κ2) is 6.00. The highest BCUT2D eigenvalue weighted by atomic mass is 16.5. The molecule has 3 heteroatoms. The summed E-state index contributed by atoms with van der Waals surface area (Å²) in [5.74, 6) is 1.97. The molecule has 1 aliphatic carbocycles. The fourth-order valence-corrected chi connectivity index (χ4v) is 2.52. The Balaban J connectivity index is 1.72. The van der Waals surface area contributed by atoms with Crippen molar-refractivity contribution in [2.75, 3.05) is 7.11 Å². The lowest BCUT2D eigenvalue weighted by atomic mass is 10.1. The Bertz CT molecular complexity index is 622. The molecule has 2 aromatic rings. The summed E-state index contributed by atoms with van der Waals surface area (Å²) in [6.07, 6.45) is 1.98. The van der Waals surface area contributed by atoms with E-state index in [2.05, 4.69) is 0 Å². The molecule has 108 valence electrons. The van der Waals surface area contributed by atoms with Gasteiger partial charge in [0, 0.05) is 5.92 Å². The van der Waals surface area contributed by atoms with E-state index in [-0.39, 0.29) is 5.92 Å². The zero-order valence-electron chi connectivity index (χ0n) is 12.0. The van der Waals surface area contributed by atoms with E-state index in [4.69, 9.17) is 9.47 Å². The van der Waals surface area contributed by atoms with Gasteiger partial charge in [0.25, 0.3) is 0 Å². The Hall–Kier alpha value is -2.29. The van der Waals surface area contributed by atoms with Crippen molar-refractivity contribution in [1.82, 2.24) is 0 Å². The second-order valence-electron chi connectivity index (χ2n) is 5.33. The molecule has 21 heavy (non-hydrogen) atoms. The molecule has 0 spiro atoms. The van der Waals surface area contributed by atoms with Crippen LogP contribution in [0.4, 0.5) is 0 Å². The van der Waals surface area contributed by atoms with Crippen LogP contribution in [0, 0.1) is 5.92 Å². The number of rotatable bonds is 6. The molecular formula is C18H18O3. The summed E-state index contributed by atoms with van der Waals surface area (Å²) < 4.78 is 11.2. The van der Waals surface area contributed by atoms with Crippen LogP contribution >= 0.6 is 0 Å². The lowest BCUT2D eigenvalue weighted by molar-refractivity contribution is -0.108. The normalized spacial score (nSPS) is 19.9. The smallest absolute Gasteiger partial charge is 0.161 e. The van der Waals surface area contributed by atoms with Gasteiger partial charge in [0.1, 0.15) is 12.9 Å². The van der Waals surface area contributed by atoms with Gasteiger partial charge in [0.05, 0.1) is 7.11 Å². The number of benzene rings is 2. The van der Waals surface area contributed by atoms with E-state index in [1.807, 2.05) is 48.5 Å². The van der Waals surface area contributed by atoms with E-state index in [1.165, 1.54) is 0 Å². The summed E-state index contributed by atoms with van der Waals surface area (Å²) >= 11 is 0. The van der Waals surface area contributed by atoms with Crippen LogP contribution in [-0.4, -0.2) is 13.4 Å². The second-order valence-corrected chi connectivity index (χ2v) is 5.33. The van der Waals surface area contributed by atoms with Crippen molar-refractivity contribution in [3.8, 4) is 11.5 Å². The van der Waals surface area contributed by atoms with Gasteiger partial charge >= 0.3 is 0 Å². The van der Waals surface area contributed by atoms with Crippen LogP contribution in [0.15, 0.2) is 48.5 Å². The van der Waals surface area contributed by atoms with Gasteiger partial charge in [-0.25, -0.2) is 0 Å². The van der Waals surface area contributed by atoms with Crippen molar-refractivity contribution in [3.63, 3.8) is 0 Å². The lowest BCUT2D eigenvalue weighted by Crippen LogP contribution is -1.98. The number of hydrogen-bond donors (Lipinski definition) is 0. The standard InChI is InChI=1S/C18H18O3/c1-20-18-10-14(16-9-15(16)11-19)7-8-17(18)21-12-13-5-3-2-4-6-13/h2-8,10-11,15-16H,9,12H2,1H3. The average molecular weight is 282 g/mol. The molecule has 0 amide bonds. The van der Waals surface area contributed by atoms with Crippen molar-refractivity contribution in [2.24, 2.45) is 5.92 Å². The van der Waals surface area contributed by atoms with Gasteiger partial charge < -0.3 is 14.3 Å². The highest BCUT2D eigenvalue weighted by Gasteiger charge is 2.38. The maximum atomic E-state index is 10.8. The molecule has 2 unspecified atom stereocenters. The number of aldehydes is 1. The van der Waals surface area contributed by atoms with Gasteiger partial charge in [-0.2, -0.15) is 0 Å². The molecule has 1 saturated carbocycles. The SMILES string of the molecule is COc1cc(C2CC2C=O)ccc1OCc1ccccc1. The number of carbonyl (C=O) groups is 1. The van der Waals surface area contributed by atoms with Gasteiger partial charge in [0.2, 0.25) is 0 Å². The highest BCUT2D eigenvalue weighted by Crippen LogP contribution is 2.47. The first-order valence-corrected chi connectivity index (χ1v) is 7.11. The molecule has 3 rings (SSSR count). The summed E-state index contributed by atoms with van der Waals surface area (Å²) in [5.41, 5.74) is 2.27. The van der Waals surface area contributed by atoms with Crippen LogP contribution in [-0.2, 0) is 11.4 Å². The monoisotopic (exact) mass is 282 g/mol. The summed E-state index contributed by atoms with van der Waals surface area (Å²) in [6.45, 7) is 0.511. The molecule has 1 fully saturated rings. The minimum atomic E-state index is 0.172. The molecule has 0 radical (unpaired) electrons. The third-order valence-electron chi connectivity index (χ3n) is 3.87. The molecule has 2 aromatic carbocycles. The van der Waals surface area contributed by atoms with E-state index in [9.17, 15) is 4.79 Å². The maximum absolute atomic E-state index is 10.8. The first-order chi connectivity index (χ1) is 10.3. The van der Waals surface area contributed by atoms with Crippen molar-refractivity contribution >= 4 is 6.29 Å². The number of ether oxygens (including phenoxy) is 2. The summed E-state index contributed by atoms with van der Waals surface area (Å²) in [7, 11) is 1.64. The Morgan fingerprint density at radius 3 is 2.62 bits per heavy atom. The quantitative estimate of drug-likeness (QED) is 0.760. The predicted octanol–water partition coefficient (Wildman–Crippen LogP) is 3.58. The van der Waals surface area contributed by atoms with Gasteiger partial charge in [0.15, 0.2) is 11.5 Å². The summed E-state index contributed by atoms with van der Waals surface area (Å²) in [6, 6.07) is 16.0. The van der Waals surface area contributed by atoms with Crippen LogP contribution in [0.3, 0.4) is 0 Å². The summed E-state index contributed by atoms with van der Waals surface area (Å²) in [4.78, 5) is 10.8. The maximum Gasteiger partial charge on any atom is 0.161 e. The van der Waals surface area contributed by atoms with E-state index in [1.54, 1.807) is 7.11 Å². The minimum Gasteiger partial charge on any atom is -0.493 e. The van der Waals surface area contributed by atoms with Crippen LogP contribution in [0.5, 0.6) is 11.5 Å². The van der Waals surface area contributed by atoms with Gasteiger partial charge in [-0.15, -0.1) is 0 Å². The van der Waals surface area contributed by atoms with Gasteiger partial charge in [-0.05, 0) is 35.6 Å². The molecule has 0 aromatic heterocycles. The number of methoxy groups -OCH3 is 1. The van der Waals surface area contributed by atoms with Crippen molar-refractivity contribution in [1.29, 1.82) is 0 Å². The molecule has 0 N–H and O–H groups in total. The fraction of sp³-hybridized carbons (Fsp3) is 0.278. The van der Waals surface area contributed by atoms with Crippen LogP contribution < -0.4 is 9.47 Å². The van der Waals surface area contributed by atoms with Gasteiger partial charge in [-0.1, -0.05) is 36.4 Å². The van der Waals surface area contributed by atoms with Crippen LogP contribution in [0.2, 0.25) is 0 Å². The molecular weight excluding hydrogens is 264 g/mol. The molecule has 2 atom stereocenters. The Morgan fingerprint density at radius 2 is 1.95 bits per heavy atom. The fourth-order valence-electron chi connectivity index (χ4n) is 2.52. The van der Waals surface area contributed by atoms with E-state index in [0.717, 1.165) is 35.3 Å². The van der Waals surface area contributed by atoms with Crippen LogP contribution in [0.25, 0.3) is 0 Å². The van der Waals surface area contributed by atoms with Crippen molar-refractivity contribution in [3.05, 3.63) is 59.7 Å². The van der Waals surface area contributed by atoms with E-state index >= 15 is 0 Å². The molecule has 3 nitrogen and oxygen atoms in total. The number of hydrogen-bond acceptors (Lipinski definition) is 3. The Kier molecular flexibility index (Phi) is 3.91. The molecule has 0 heterocycles. The third kappa shape index (κ3) is 3.07. The average Bonchev–Trinajstić information content (AvgIpc) is 3.33. The van der Waals surface area contributed by atoms with Gasteiger partial charge in [-0.3, -0.25) is 0 Å². The van der Waals surface area contributed by atoms with Crippen molar-refractivity contribution in [2.45, 2.75) is 18.9 Å². The highest BCUT2D eigenvalue weighted by molar-refractivity contribution is 5.62. The number of carbonyl (C=O) groups excluding carboxylic acids is 1. The first kappa shape index (κ1) is 13.7. The largest absolute Gasteiger partial charge is 0.493 e. The zero-order valence-corrected chi connectivity index (χ0v) is 12.0. The predicted molar refractivity (Wildman–Crippen MR) is 80.7 cm³/mol. The van der Waals surface area contributed by atoms with E-state index in [0.29, 0.717) is 12.5 Å². The lowest BCUT2D eigenvalue weighted by Gasteiger charge is -2.12. The zero-order chi connectivity index (χ0) is 14.7. The topological polar surface area (TPSA) is 35.5 Å². The Labute approximate surface area is 124 Å². The Morgan fingerprint density at radius 1 is 1.14 bits per heavy atom. The molecule has 1 aliphatic rings. The molecule has 0 saturated heterocycles. The summed E-state index contributed by atoms with van der Waals surface area (Å²) in [5, 5.41) is 0. The van der Waals surface area contributed by atoms with Crippen LogP contribution in [0.1, 0.15) is 23.5 Å². The molecule has 0 aliphatic heterocycles. The molecule has 0 bridgehead atoms. The third-order valence-corrected chi connectivity index (χ3v) is 3.87. The minimum absolute atomic E-state index is 0.172. The van der Waals surface area contributed by atoms with E-state index < -0.39 is 0 Å². The first-order valence-electron chi connectivity index (χ1n) is 7.11.